The minimum absolute atomic E-state index is 0.132. The third-order valence-electron chi connectivity index (χ3n) is 3.33. The lowest BCUT2D eigenvalue weighted by Gasteiger charge is -2.26. The van der Waals surface area contributed by atoms with Crippen LogP contribution in [0.15, 0.2) is 0 Å². The molecule has 2 saturated heterocycles. The van der Waals surface area contributed by atoms with Gasteiger partial charge in [0.25, 0.3) is 0 Å². The van der Waals surface area contributed by atoms with Gasteiger partial charge in [0.05, 0.1) is 12.5 Å². The Hall–Kier alpha value is -0.0900. The number of rotatable bonds is 2. The van der Waals surface area contributed by atoms with Crippen molar-refractivity contribution in [3.05, 3.63) is 0 Å². The fourth-order valence-corrected chi connectivity index (χ4v) is 2.88. The van der Waals surface area contributed by atoms with E-state index in [2.05, 4.69) is 15.9 Å². The van der Waals surface area contributed by atoms with Crippen LogP contribution in [-0.4, -0.2) is 42.4 Å². The zero-order valence-corrected chi connectivity index (χ0v) is 10.5. The van der Waals surface area contributed by atoms with Crippen molar-refractivity contribution >= 4 is 21.8 Å². The maximum absolute atomic E-state index is 12.1. The molecule has 0 radical (unpaired) electrons. The Morgan fingerprint density at radius 2 is 2.33 bits per heavy atom. The first-order valence-electron chi connectivity index (χ1n) is 5.73. The number of halogens is 1. The molecule has 0 aliphatic carbocycles. The van der Waals surface area contributed by atoms with Crippen molar-refractivity contribution in [3.8, 4) is 0 Å². The Bertz CT molecular complexity index is 229. The highest BCUT2D eigenvalue weighted by Gasteiger charge is 2.31. The molecule has 1 amide bonds. The maximum Gasteiger partial charge on any atom is 0.228 e. The summed E-state index contributed by atoms with van der Waals surface area (Å²) in [6.07, 6.45) is 3.19. The molecule has 0 aromatic rings. The summed E-state index contributed by atoms with van der Waals surface area (Å²) in [4.78, 5) is 14.1. The van der Waals surface area contributed by atoms with E-state index in [9.17, 15) is 4.79 Å². The van der Waals surface area contributed by atoms with Gasteiger partial charge in [-0.25, -0.2) is 0 Å². The summed E-state index contributed by atoms with van der Waals surface area (Å²) in [5, 5.41) is 1.01. The number of likely N-dealkylation sites (tertiary alicyclic amines) is 1. The van der Waals surface area contributed by atoms with Crippen LogP contribution < -0.4 is 0 Å². The highest BCUT2D eigenvalue weighted by Crippen LogP contribution is 2.23. The molecule has 2 rings (SSSR count). The predicted octanol–water partition coefficient (Wildman–Crippen LogP) is 1.66. The third-order valence-corrected chi connectivity index (χ3v) is 4.24. The Labute approximate surface area is 99.3 Å². The molecule has 2 atom stereocenters. The Morgan fingerprint density at radius 1 is 1.47 bits per heavy atom. The second kappa shape index (κ2) is 5.30. The second-order valence-corrected chi connectivity index (χ2v) is 5.15. The van der Waals surface area contributed by atoms with Gasteiger partial charge in [-0.2, -0.15) is 0 Å². The van der Waals surface area contributed by atoms with Gasteiger partial charge in [-0.1, -0.05) is 15.9 Å². The maximum atomic E-state index is 12.1. The number of carbonyl (C=O) groups is 1. The van der Waals surface area contributed by atoms with Crippen molar-refractivity contribution in [2.75, 3.05) is 31.6 Å². The van der Waals surface area contributed by atoms with Gasteiger partial charge in [0, 0.05) is 25.0 Å². The van der Waals surface area contributed by atoms with Crippen LogP contribution in [-0.2, 0) is 9.53 Å². The minimum Gasteiger partial charge on any atom is -0.381 e. The van der Waals surface area contributed by atoms with Gasteiger partial charge in [-0.15, -0.1) is 0 Å². The zero-order chi connectivity index (χ0) is 10.7. The summed E-state index contributed by atoms with van der Waals surface area (Å²) in [6, 6.07) is 0. The van der Waals surface area contributed by atoms with Crippen molar-refractivity contribution in [3.63, 3.8) is 0 Å². The van der Waals surface area contributed by atoms with Crippen LogP contribution in [0.3, 0.4) is 0 Å². The van der Waals surface area contributed by atoms with Crippen LogP contribution >= 0.6 is 15.9 Å². The van der Waals surface area contributed by atoms with Gasteiger partial charge in [-0.05, 0) is 25.2 Å². The van der Waals surface area contributed by atoms with Crippen LogP contribution in [0, 0.1) is 11.8 Å². The van der Waals surface area contributed by atoms with E-state index in [0.717, 1.165) is 44.3 Å². The van der Waals surface area contributed by atoms with Gasteiger partial charge in [0.1, 0.15) is 0 Å². The lowest BCUT2D eigenvalue weighted by atomic mass is 10.0. The van der Waals surface area contributed by atoms with Gasteiger partial charge >= 0.3 is 0 Å². The van der Waals surface area contributed by atoms with E-state index in [4.69, 9.17) is 4.74 Å². The van der Waals surface area contributed by atoms with E-state index in [1.54, 1.807) is 0 Å². The van der Waals surface area contributed by atoms with Crippen molar-refractivity contribution in [1.82, 2.24) is 4.90 Å². The number of hydrogen-bond donors (Lipinski definition) is 0. The van der Waals surface area contributed by atoms with Gasteiger partial charge in [0.2, 0.25) is 5.91 Å². The fraction of sp³-hybridized carbons (Fsp3) is 0.909. The number of amides is 1. The fourth-order valence-electron chi connectivity index (χ4n) is 2.35. The van der Waals surface area contributed by atoms with E-state index in [1.165, 1.54) is 0 Å². The van der Waals surface area contributed by atoms with Gasteiger partial charge in [0.15, 0.2) is 0 Å². The first-order chi connectivity index (χ1) is 7.31. The number of hydrogen-bond acceptors (Lipinski definition) is 2. The lowest BCUT2D eigenvalue weighted by Crippen LogP contribution is -2.38. The summed E-state index contributed by atoms with van der Waals surface area (Å²) in [5.74, 6) is 1.10. The van der Waals surface area contributed by atoms with Crippen molar-refractivity contribution in [2.45, 2.75) is 19.3 Å². The summed E-state index contributed by atoms with van der Waals surface area (Å²) in [5.41, 5.74) is 0. The monoisotopic (exact) mass is 275 g/mol. The molecule has 2 fully saturated rings. The molecule has 0 aromatic carbocycles. The second-order valence-electron chi connectivity index (χ2n) is 4.51. The highest BCUT2D eigenvalue weighted by molar-refractivity contribution is 9.09. The standard InChI is InChI=1S/C11H18BrNO2/c12-6-9-3-4-13(7-9)11(14)10-2-1-5-15-8-10/h9-10H,1-8H2. The first-order valence-corrected chi connectivity index (χ1v) is 6.86. The molecular formula is C11H18BrNO2. The molecule has 2 aliphatic heterocycles. The number of alkyl halides is 1. The highest BCUT2D eigenvalue weighted by atomic mass is 79.9. The average molecular weight is 276 g/mol. The summed E-state index contributed by atoms with van der Waals surface area (Å²) < 4.78 is 5.36. The molecule has 0 spiro atoms. The lowest BCUT2D eigenvalue weighted by molar-refractivity contribution is -0.138. The van der Waals surface area contributed by atoms with E-state index in [0.29, 0.717) is 18.4 Å². The van der Waals surface area contributed by atoms with Crippen molar-refractivity contribution in [2.24, 2.45) is 11.8 Å². The van der Waals surface area contributed by atoms with E-state index in [1.807, 2.05) is 4.90 Å². The van der Waals surface area contributed by atoms with Gasteiger partial charge < -0.3 is 9.64 Å². The third kappa shape index (κ3) is 2.72. The van der Waals surface area contributed by atoms with E-state index < -0.39 is 0 Å². The summed E-state index contributed by atoms with van der Waals surface area (Å²) in [6.45, 7) is 3.33. The normalized spacial score (nSPS) is 31.9. The molecule has 15 heavy (non-hydrogen) atoms. The van der Waals surface area contributed by atoms with Crippen LogP contribution in [0.1, 0.15) is 19.3 Å². The smallest absolute Gasteiger partial charge is 0.228 e. The van der Waals surface area contributed by atoms with E-state index >= 15 is 0 Å². The number of carbonyl (C=O) groups excluding carboxylic acids is 1. The van der Waals surface area contributed by atoms with Crippen molar-refractivity contribution in [1.29, 1.82) is 0 Å². The quantitative estimate of drug-likeness (QED) is 0.718. The predicted molar refractivity (Wildman–Crippen MR) is 62.0 cm³/mol. The van der Waals surface area contributed by atoms with Crippen LogP contribution in [0.25, 0.3) is 0 Å². The first kappa shape index (κ1) is 11.4. The Balaban J connectivity index is 1.85. The molecule has 0 aromatic heterocycles. The molecule has 2 heterocycles. The molecule has 86 valence electrons. The van der Waals surface area contributed by atoms with Crippen molar-refractivity contribution < 1.29 is 9.53 Å². The summed E-state index contributed by atoms with van der Waals surface area (Å²) >= 11 is 3.49. The molecular weight excluding hydrogens is 258 g/mol. The molecule has 0 N–H and O–H groups in total. The largest absolute Gasteiger partial charge is 0.381 e. The van der Waals surface area contributed by atoms with E-state index in [-0.39, 0.29) is 5.92 Å². The molecule has 0 bridgehead atoms. The van der Waals surface area contributed by atoms with Crippen LogP contribution in [0.5, 0.6) is 0 Å². The molecule has 3 nitrogen and oxygen atoms in total. The zero-order valence-electron chi connectivity index (χ0n) is 8.95. The Kier molecular flexibility index (Phi) is 4.03. The van der Waals surface area contributed by atoms with Crippen LogP contribution in [0.4, 0.5) is 0 Å². The number of nitrogens with zero attached hydrogens (tertiary/aromatic N) is 1. The molecule has 4 heteroatoms. The number of ether oxygens (including phenoxy) is 1. The average Bonchev–Trinajstić information content (AvgIpc) is 2.78. The molecule has 0 saturated carbocycles. The SMILES string of the molecule is O=C(C1CCCOC1)N1CCC(CBr)C1. The van der Waals surface area contributed by atoms with Crippen LogP contribution in [0.2, 0.25) is 0 Å². The summed E-state index contributed by atoms with van der Waals surface area (Å²) in [7, 11) is 0. The molecule has 2 aliphatic rings. The molecule has 2 unspecified atom stereocenters. The topological polar surface area (TPSA) is 29.5 Å². The van der Waals surface area contributed by atoms with Gasteiger partial charge in [-0.3, -0.25) is 4.79 Å². The Morgan fingerprint density at radius 3 is 2.93 bits per heavy atom. The minimum atomic E-state index is 0.132.